The van der Waals surface area contributed by atoms with E-state index in [0.29, 0.717) is 6.67 Å². The number of rotatable bonds is 5. The molecule has 1 aliphatic rings. The van der Waals surface area contributed by atoms with Crippen LogP contribution < -0.4 is 15.4 Å². The maximum absolute atomic E-state index is 11.8. The maximum Gasteiger partial charge on any atom is 0.258 e. The first kappa shape index (κ1) is 14.8. The molecule has 0 atom stereocenters. The number of nitrogens with zero attached hydrogens (tertiary/aromatic N) is 1. The van der Waals surface area contributed by atoms with Crippen molar-refractivity contribution in [1.82, 2.24) is 15.5 Å². The summed E-state index contributed by atoms with van der Waals surface area (Å²) in [6, 6.07) is 5.99. The summed E-state index contributed by atoms with van der Waals surface area (Å²) in [6.07, 6.45) is 0. The molecule has 20 heavy (non-hydrogen) atoms. The highest BCUT2D eigenvalue weighted by Crippen LogP contribution is 2.18. The lowest BCUT2D eigenvalue weighted by Gasteiger charge is -2.27. The molecular weight excluding hydrogens is 254 g/mol. The number of hydrogen-bond donors (Lipinski definition) is 2. The molecule has 0 radical (unpaired) electrons. The lowest BCUT2D eigenvalue weighted by molar-refractivity contribution is -0.123. The van der Waals surface area contributed by atoms with E-state index in [2.05, 4.69) is 15.5 Å². The molecule has 0 saturated carbocycles. The Kier molecular flexibility index (Phi) is 5.38. The summed E-state index contributed by atoms with van der Waals surface area (Å²) in [5, 5.41) is 6.17. The molecule has 0 aromatic heterocycles. The largest absolute Gasteiger partial charge is 0.483 e. The van der Waals surface area contributed by atoms with Crippen molar-refractivity contribution in [3.8, 4) is 5.75 Å². The van der Waals surface area contributed by atoms with E-state index in [1.807, 2.05) is 32.0 Å². The Labute approximate surface area is 120 Å². The van der Waals surface area contributed by atoms with Gasteiger partial charge in [0.15, 0.2) is 6.61 Å². The second kappa shape index (κ2) is 7.26. The first-order chi connectivity index (χ1) is 9.65. The molecule has 0 bridgehead atoms. The number of piperazine rings is 1. The SMILES string of the molecule is Cc1ccc(C)c(OCC(=O)NCN2CCNCC2)c1. The first-order valence-electron chi connectivity index (χ1n) is 7.05. The third-order valence-corrected chi connectivity index (χ3v) is 3.41. The molecule has 1 aromatic rings. The monoisotopic (exact) mass is 277 g/mol. The number of carbonyl (C=O) groups excluding carboxylic acids is 1. The van der Waals surface area contributed by atoms with E-state index in [-0.39, 0.29) is 12.5 Å². The quantitative estimate of drug-likeness (QED) is 0.830. The van der Waals surface area contributed by atoms with Crippen molar-refractivity contribution in [3.05, 3.63) is 29.3 Å². The van der Waals surface area contributed by atoms with Gasteiger partial charge in [0, 0.05) is 26.2 Å². The fraction of sp³-hybridized carbons (Fsp3) is 0.533. The number of ether oxygens (including phenoxy) is 1. The van der Waals surface area contributed by atoms with Crippen molar-refractivity contribution in [2.24, 2.45) is 0 Å². The first-order valence-corrected chi connectivity index (χ1v) is 7.05. The predicted molar refractivity (Wildman–Crippen MR) is 78.9 cm³/mol. The lowest BCUT2D eigenvalue weighted by Crippen LogP contribution is -2.48. The molecule has 1 saturated heterocycles. The van der Waals surface area contributed by atoms with E-state index in [1.165, 1.54) is 0 Å². The van der Waals surface area contributed by atoms with Crippen LogP contribution in [0.25, 0.3) is 0 Å². The van der Waals surface area contributed by atoms with Crippen molar-refractivity contribution >= 4 is 5.91 Å². The average molecular weight is 277 g/mol. The average Bonchev–Trinajstić information content (AvgIpc) is 2.47. The van der Waals surface area contributed by atoms with Crippen molar-refractivity contribution in [2.75, 3.05) is 39.5 Å². The van der Waals surface area contributed by atoms with Crippen molar-refractivity contribution in [1.29, 1.82) is 0 Å². The summed E-state index contributed by atoms with van der Waals surface area (Å²) in [5.74, 6) is 0.701. The van der Waals surface area contributed by atoms with E-state index < -0.39 is 0 Å². The smallest absolute Gasteiger partial charge is 0.258 e. The van der Waals surface area contributed by atoms with Gasteiger partial charge in [0.05, 0.1) is 6.67 Å². The summed E-state index contributed by atoms with van der Waals surface area (Å²) >= 11 is 0. The molecule has 2 rings (SSSR count). The highest BCUT2D eigenvalue weighted by atomic mass is 16.5. The Morgan fingerprint density at radius 1 is 1.35 bits per heavy atom. The molecule has 0 spiro atoms. The summed E-state index contributed by atoms with van der Waals surface area (Å²) in [4.78, 5) is 14.0. The zero-order valence-electron chi connectivity index (χ0n) is 12.2. The molecular formula is C15H23N3O2. The molecule has 0 unspecified atom stereocenters. The molecule has 1 aromatic carbocycles. The van der Waals surface area contributed by atoms with Crippen LogP contribution in [-0.2, 0) is 4.79 Å². The van der Waals surface area contributed by atoms with Crippen LogP contribution in [0.5, 0.6) is 5.75 Å². The van der Waals surface area contributed by atoms with Gasteiger partial charge < -0.3 is 15.4 Å². The van der Waals surface area contributed by atoms with Crippen molar-refractivity contribution < 1.29 is 9.53 Å². The van der Waals surface area contributed by atoms with Gasteiger partial charge in [0.2, 0.25) is 0 Å². The lowest BCUT2D eigenvalue weighted by atomic mass is 10.1. The van der Waals surface area contributed by atoms with Crippen LogP contribution in [0.1, 0.15) is 11.1 Å². The number of amides is 1. The Hall–Kier alpha value is -1.59. The van der Waals surface area contributed by atoms with Gasteiger partial charge in [-0.25, -0.2) is 0 Å². The standard InChI is InChI=1S/C15H23N3O2/c1-12-3-4-13(2)14(9-12)20-10-15(19)17-11-18-7-5-16-6-8-18/h3-4,9,16H,5-8,10-11H2,1-2H3,(H,17,19). The summed E-state index contributed by atoms with van der Waals surface area (Å²) < 4.78 is 5.58. The zero-order chi connectivity index (χ0) is 14.4. The van der Waals surface area contributed by atoms with Crippen LogP contribution in [-0.4, -0.2) is 50.3 Å². The van der Waals surface area contributed by atoms with Gasteiger partial charge in [-0.2, -0.15) is 0 Å². The van der Waals surface area contributed by atoms with Gasteiger partial charge in [-0.3, -0.25) is 9.69 Å². The van der Waals surface area contributed by atoms with Crippen molar-refractivity contribution in [3.63, 3.8) is 0 Å². The second-order valence-electron chi connectivity index (χ2n) is 5.18. The number of carbonyl (C=O) groups is 1. The Bertz CT molecular complexity index is 456. The molecule has 0 aliphatic carbocycles. The fourth-order valence-electron chi connectivity index (χ4n) is 2.13. The summed E-state index contributed by atoms with van der Waals surface area (Å²) in [5.41, 5.74) is 2.18. The number of benzene rings is 1. The molecule has 5 heteroatoms. The number of hydrogen-bond acceptors (Lipinski definition) is 4. The number of nitrogens with one attached hydrogen (secondary N) is 2. The van der Waals surface area contributed by atoms with E-state index >= 15 is 0 Å². The van der Waals surface area contributed by atoms with E-state index in [1.54, 1.807) is 0 Å². The normalized spacial score (nSPS) is 15.9. The van der Waals surface area contributed by atoms with Gasteiger partial charge in [-0.05, 0) is 31.0 Å². The number of aryl methyl sites for hydroxylation is 2. The fourth-order valence-corrected chi connectivity index (χ4v) is 2.13. The maximum atomic E-state index is 11.8. The van der Waals surface area contributed by atoms with Gasteiger partial charge in [-0.15, -0.1) is 0 Å². The van der Waals surface area contributed by atoms with Crippen molar-refractivity contribution in [2.45, 2.75) is 13.8 Å². The van der Waals surface area contributed by atoms with Gasteiger partial charge in [-0.1, -0.05) is 12.1 Å². The molecule has 1 fully saturated rings. The molecule has 1 heterocycles. The van der Waals surface area contributed by atoms with E-state index in [9.17, 15) is 4.79 Å². The topological polar surface area (TPSA) is 53.6 Å². The molecule has 1 aliphatic heterocycles. The highest BCUT2D eigenvalue weighted by molar-refractivity contribution is 5.77. The van der Waals surface area contributed by atoms with Crippen LogP contribution >= 0.6 is 0 Å². The van der Waals surface area contributed by atoms with Crippen LogP contribution in [0.2, 0.25) is 0 Å². The molecule has 2 N–H and O–H groups in total. The Balaban J connectivity index is 1.73. The van der Waals surface area contributed by atoms with E-state index in [4.69, 9.17) is 4.74 Å². The van der Waals surface area contributed by atoms with Crippen LogP contribution in [0.3, 0.4) is 0 Å². The minimum absolute atomic E-state index is 0.0659. The second-order valence-corrected chi connectivity index (χ2v) is 5.18. The predicted octanol–water partition coefficient (Wildman–Crippen LogP) is 0.661. The van der Waals surface area contributed by atoms with Gasteiger partial charge in [0.1, 0.15) is 5.75 Å². The molecule has 5 nitrogen and oxygen atoms in total. The molecule has 1 amide bonds. The zero-order valence-corrected chi connectivity index (χ0v) is 12.2. The Morgan fingerprint density at radius 3 is 2.85 bits per heavy atom. The van der Waals surface area contributed by atoms with Gasteiger partial charge >= 0.3 is 0 Å². The van der Waals surface area contributed by atoms with E-state index in [0.717, 1.165) is 43.1 Å². The summed E-state index contributed by atoms with van der Waals surface area (Å²) in [7, 11) is 0. The molecule has 110 valence electrons. The minimum Gasteiger partial charge on any atom is -0.483 e. The van der Waals surface area contributed by atoms with Gasteiger partial charge in [0.25, 0.3) is 5.91 Å². The van der Waals surface area contributed by atoms with Crippen LogP contribution in [0.4, 0.5) is 0 Å². The van der Waals surface area contributed by atoms with Crippen LogP contribution in [0, 0.1) is 13.8 Å². The van der Waals surface area contributed by atoms with Crippen LogP contribution in [0.15, 0.2) is 18.2 Å². The Morgan fingerprint density at radius 2 is 2.10 bits per heavy atom. The summed E-state index contributed by atoms with van der Waals surface area (Å²) in [6.45, 7) is 8.55. The minimum atomic E-state index is -0.0792. The highest BCUT2D eigenvalue weighted by Gasteiger charge is 2.11. The third-order valence-electron chi connectivity index (χ3n) is 3.41. The third kappa shape index (κ3) is 4.51.